The molecular weight excluding hydrogens is 423 g/mol. The largest absolute Gasteiger partial charge is 0.319 e. The van der Waals surface area contributed by atoms with Crippen LogP contribution in [0.15, 0.2) is 45.8 Å². The van der Waals surface area contributed by atoms with E-state index in [0.29, 0.717) is 17.6 Å². The molecule has 1 amide bonds. The Hall–Kier alpha value is -1.77. The molecule has 2 aromatic carbocycles. The molecule has 1 fully saturated rings. The zero-order valence-corrected chi connectivity index (χ0v) is 16.5. The third kappa shape index (κ3) is 3.82. The number of anilines is 1. The molecule has 2 aromatic rings. The van der Waals surface area contributed by atoms with Gasteiger partial charge in [0.1, 0.15) is 5.82 Å². The maximum absolute atomic E-state index is 13.9. The van der Waals surface area contributed by atoms with Crippen LogP contribution in [0, 0.1) is 12.7 Å². The quantitative estimate of drug-likeness (QED) is 0.782. The molecule has 26 heavy (non-hydrogen) atoms. The van der Waals surface area contributed by atoms with Crippen molar-refractivity contribution in [2.45, 2.75) is 24.7 Å². The van der Waals surface area contributed by atoms with Crippen molar-refractivity contribution in [2.75, 3.05) is 18.4 Å². The molecule has 1 aliphatic heterocycles. The fraction of sp³-hybridized carbons (Fsp3) is 0.278. The smallest absolute Gasteiger partial charge is 0.256 e. The summed E-state index contributed by atoms with van der Waals surface area (Å²) in [6.45, 7) is 2.75. The number of carbonyl (C=O) groups excluding carboxylic acids is 1. The summed E-state index contributed by atoms with van der Waals surface area (Å²) < 4.78 is 41.1. The van der Waals surface area contributed by atoms with Gasteiger partial charge in [-0.3, -0.25) is 4.79 Å². The number of sulfonamides is 1. The second-order valence-corrected chi connectivity index (χ2v) is 8.98. The van der Waals surface area contributed by atoms with Crippen molar-refractivity contribution in [2.24, 2.45) is 0 Å². The van der Waals surface area contributed by atoms with Gasteiger partial charge in [-0.2, -0.15) is 4.31 Å². The van der Waals surface area contributed by atoms with Crippen LogP contribution in [0.5, 0.6) is 0 Å². The fourth-order valence-corrected chi connectivity index (χ4v) is 4.81. The summed E-state index contributed by atoms with van der Waals surface area (Å²) in [7, 11) is -3.64. The van der Waals surface area contributed by atoms with Crippen LogP contribution in [-0.2, 0) is 10.0 Å². The van der Waals surface area contributed by atoms with Gasteiger partial charge in [0.25, 0.3) is 5.91 Å². The number of hydrogen-bond donors (Lipinski definition) is 1. The Morgan fingerprint density at radius 1 is 1.15 bits per heavy atom. The third-order valence-corrected chi connectivity index (χ3v) is 6.84. The predicted octanol–water partition coefficient (Wildman–Crippen LogP) is 3.93. The van der Waals surface area contributed by atoms with Gasteiger partial charge in [0.05, 0.1) is 16.1 Å². The molecule has 1 N–H and O–H groups in total. The Balaban J connectivity index is 1.92. The van der Waals surface area contributed by atoms with Gasteiger partial charge in [0.2, 0.25) is 10.0 Å². The van der Waals surface area contributed by atoms with Crippen LogP contribution >= 0.6 is 15.9 Å². The molecule has 3 rings (SSSR count). The first-order valence-corrected chi connectivity index (χ1v) is 10.4. The average molecular weight is 441 g/mol. The highest BCUT2D eigenvalue weighted by Crippen LogP contribution is 2.26. The molecule has 0 spiro atoms. The fourth-order valence-electron chi connectivity index (χ4n) is 2.84. The summed E-state index contributed by atoms with van der Waals surface area (Å²) in [5, 5.41) is 2.50. The normalized spacial score (nSPS) is 15.2. The Morgan fingerprint density at radius 2 is 1.85 bits per heavy atom. The molecule has 1 heterocycles. The van der Waals surface area contributed by atoms with E-state index >= 15 is 0 Å². The summed E-state index contributed by atoms with van der Waals surface area (Å²) in [6, 6.07) is 8.69. The lowest BCUT2D eigenvalue weighted by Gasteiger charge is -2.16. The van der Waals surface area contributed by atoms with E-state index in [9.17, 15) is 17.6 Å². The van der Waals surface area contributed by atoms with Crippen molar-refractivity contribution in [3.63, 3.8) is 0 Å². The average Bonchev–Trinajstić information content (AvgIpc) is 3.13. The van der Waals surface area contributed by atoms with Crippen LogP contribution < -0.4 is 5.32 Å². The lowest BCUT2D eigenvalue weighted by atomic mass is 10.2. The molecule has 8 heteroatoms. The maximum Gasteiger partial charge on any atom is 0.256 e. The number of halogens is 2. The summed E-state index contributed by atoms with van der Waals surface area (Å²) in [4.78, 5) is 12.6. The van der Waals surface area contributed by atoms with E-state index in [1.165, 1.54) is 34.6 Å². The van der Waals surface area contributed by atoms with E-state index in [0.717, 1.165) is 18.4 Å². The van der Waals surface area contributed by atoms with E-state index in [2.05, 4.69) is 21.2 Å². The molecule has 0 aliphatic carbocycles. The third-order valence-electron chi connectivity index (χ3n) is 4.26. The van der Waals surface area contributed by atoms with Crippen molar-refractivity contribution in [3.8, 4) is 0 Å². The SMILES string of the molecule is Cc1ccc(F)c(NC(=O)c2cc(S(=O)(=O)N3CCCC3)ccc2Br)c1. The van der Waals surface area contributed by atoms with Crippen LogP contribution in [0.2, 0.25) is 0 Å². The van der Waals surface area contributed by atoms with Gasteiger partial charge in [-0.1, -0.05) is 6.07 Å². The van der Waals surface area contributed by atoms with Crippen molar-refractivity contribution in [3.05, 3.63) is 57.8 Å². The Bertz CT molecular complexity index is 957. The molecule has 0 atom stereocenters. The van der Waals surface area contributed by atoms with Gasteiger partial charge < -0.3 is 5.32 Å². The summed E-state index contributed by atoms with van der Waals surface area (Å²) in [6.07, 6.45) is 1.66. The first-order chi connectivity index (χ1) is 12.3. The molecule has 0 bridgehead atoms. The predicted molar refractivity (Wildman–Crippen MR) is 101 cm³/mol. The molecule has 5 nitrogen and oxygen atoms in total. The number of aryl methyl sites for hydroxylation is 1. The Labute approximate surface area is 160 Å². The van der Waals surface area contributed by atoms with Gasteiger partial charge in [-0.15, -0.1) is 0 Å². The minimum Gasteiger partial charge on any atom is -0.319 e. The molecular formula is C18H18BrFN2O3S. The van der Waals surface area contributed by atoms with Gasteiger partial charge in [-0.05, 0) is 71.6 Å². The number of rotatable bonds is 4. The lowest BCUT2D eigenvalue weighted by Crippen LogP contribution is -2.28. The van der Waals surface area contributed by atoms with Gasteiger partial charge in [0.15, 0.2) is 0 Å². The van der Waals surface area contributed by atoms with E-state index in [4.69, 9.17) is 0 Å². The van der Waals surface area contributed by atoms with Crippen LogP contribution in [0.1, 0.15) is 28.8 Å². The number of benzene rings is 2. The van der Waals surface area contributed by atoms with Crippen molar-refractivity contribution in [1.29, 1.82) is 0 Å². The Kier molecular flexibility index (Phi) is 5.45. The number of carbonyl (C=O) groups is 1. The first-order valence-electron chi connectivity index (χ1n) is 8.16. The number of nitrogens with zero attached hydrogens (tertiary/aromatic N) is 1. The number of hydrogen-bond acceptors (Lipinski definition) is 3. The van der Waals surface area contributed by atoms with Crippen molar-refractivity contribution >= 4 is 37.5 Å². The van der Waals surface area contributed by atoms with E-state index in [1.54, 1.807) is 13.0 Å². The van der Waals surface area contributed by atoms with Gasteiger partial charge in [0, 0.05) is 17.6 Å². The molecule has 138 valence electrons. The monoisotopic (exact) mass is 440 g/mol. The summed E-state index contributed by atoms with van der Waals surface area (Å²) >= 11 is 3.26. The van der Waals surface area contributed by atoms with E-state index in [-0.39, 0.29) is 16.1 Å². The second-order valence-electron chi connectivity index (χ2n) is 6.19. The molecule has 0 unspecified atom stereocenters. The highest BCUT2D eigenvalue weighted by atomic mass is 79.9. The van der Waals surface area contributed by atoms with Crippen LogP contribution in [0.3, 0.4) is 0 Å². The molecule has 0 aromatic heterocycles. The molecule has 0 radical (unpaired) electrons. The topological polar surface area (TPSA) is 66.5 Å². The maximum atomic E-state index is 13.9. The standard InChI is InChI=1S/C18H18BrFN2O3S/c1-12-4-7-16(20)17(10-12)21-18(23)14-11-13(5-6-15(14)19)26(24,25)22-8-2-3-9-22/h4-7,10-11H,2-3,8-9H2,1H3,(H,21,23). The van der Waals surface area contributed by atoms with Gasteiger partial charge in [-0.25, -0.2) is 12.8 Å². The zero-order chi connectivity index (χ0) is 18.9. The Morgan fingerprint density at radius 3 is 2.54 bits per heavy atom. The molecule has 1 saturated heterocycles. The number of nitrogens with one attached hydrogen (secondary N) is 1. The van der Waals surface area contributed by atoms with E-state index in [1.807, 2.05) is 0 Å². The summed E-state index contributed by atoms with van der Waals surface area (Å²) in [5.74, 6) is -1.14. The molecule has 0 saturated carbocycles. The minimum absolute atomic E-state index is 0.0507. The highest BCUT2D eigenvalue weighted by molar-refractivity contribution is 9.10. The van der Waals surface area contributed by atoms with E-state index < -0.39 is 21.7 Å². The lowest BCUT2D eigenvalue weighted by molar-refractivity contribution is 0.102. The van der Waals surface area contributed by atoms with Crippen LogP contribution in [0.4, 0.5) is 10.1 Å². The van der Waals surface area contributed by atoms with Crippen molar-refractivity contribution in [1.82, 2.24) is 4.31 Å². The van der Waals surface area contributed by atoms with Crippen LogP contribution in [-0.4, -0.2) is 31.7 Å². The van der Waals surface area contributed by atoms with Crippen LogP contribution in [0.25, 0.3) is 0 Å². The molecule has 1 aliphatic rings. The highest BCUT2D eigenvalue weighted by Gasteiger charge is 2.28. The minimum atomic E-state index is -3.64. The van der Waals surface area contributed by atoms with Gasteiger partial charge >= 0.3 is 0 Å². The van der Waals surface area contributed by atoms with Crippen molar-refractivity contribution < 1.29 is 17.6 Å². The first kappa shape index (κ1) is 19.0. The second kappa shape index (κ2) is 7.46. The zero-order valence-electron chi connectivity index (χ0n) is 14.1. The number of amides is 1. The summed E-state index contributed by atoms with van der Waals surface area (Å²) in [5.41, 5.74) is 0.979.